The van der Waals surface area contributed by atoms with Gasteiger partial charge in [-0.1, -0.05) is 243 Å². The first-order valence-corrected chi connectivity index (χ1v) is 25.5. The number of hydrogen-bond donors (Lipinski definition) is 0. The fourth-order valence-corrected chi connectivity index (χ4v) is 27.7. The molecule has 0 saturated heterocycles. The Balaban J connectivity index is 1.67. The lowest BCUT2D eigenvalue weighted by atomic mass is 10.4. The van der Waals surface area contributed by atoms with Gasteiger partial charge in [-0.25, -0.2) is 18.1 Å². The maximum absolute atomic E-state index is 6.56. The first-order valence-electron chi connectivity index (χ1n) is 18.7. The molecule has 8 aromatic rings. The van der Waals surface area contributed by atoms with Crippen molar-refractivity contribution in [2.24, 2.45) is 18.1 Å². The van der Waals surface area contributed by atoms with Gasteiger partial charge in [0, 0.05) is 42.4 Å². The highest BCUT2D eigenvalue weighted by atomic mass is 31.3. The molecule has 8 heteroatoms. The van der Waals surface area contributed by atoms with E-state index in [9.17, 15) is 0 Å². The van der Waals surface area contributed by atoms with Crippen LogP contribution in [-0.4, -0.2) is 0 Å². The zero-order valence-electron chi connectivity index (χ0n) is 30.7. The van der Waals surface area contributed by atoms with E-state index in [2.05, 4.69) is 243 Å². The van der Waals surface area contributed by atoms with E-state index in [1.807, 2.05) is 0 Å². The number of rotatable bonds is 8. The normalized spacial score (nSPS) is 16.3. The third-order valence-corrected chi connectivity index (χ3v) is 26.4. The number of hydrogen-bond acceptors (Lipinski definition) is 4. The Kier molecular flexibility index (Phi) is 10.2. The van der Waals surface area contributed by atoms with Gasteiger partial charge in [-0.15, -0.1) is 0 Å². The summed E-state index contributed by atoms with van der Waals surface area (Å²) >= 11 is 0. The van der Waals surface area contributed by atoms with E-state index in [0.29, 0.717) is 0 Å². The van der Waals surface area contributed by atoms with E-state index in [4.69, 9.17) is 18.1 Å². The van der Waals surface area contributed by atoms with Gasteiger partial charge in [-0.2, -0.15) is 0 Å². The third kappa shape index (κ3) is 6.48. The predicted molar refractivity (Wildman–Crippen MR) is 246 cm³/mol. The second-order valence-corrected chi connectivity index (χ2v) is 25.3. The lowest BCUT2D eigenvalue weighted by molar-refractivity contribution is 1.62. The molecule has 0 aromatic heterocycles. The lowest BCUT2D eigenvalue weighted by Crippen LogP contribution is -2.24. The molecule has 1 aliphatic rings. The van der Waals surface area contributed by atoms with E-state index >= 15 is 0 Å². The van der Waals surface area contributed by atoms with Gasteiger partial charge in [0.15, 0.2) is 0 Å². The molecule has 0 bridgehead atoms. The van der Waals surface area contributed by atoms with Gasteiger partial charge < -0.3 is 0 Å². The standard InChI is InChI=1S/C48H40N4P4/c1-9-25-41(26-10-1)53(42-27-11-2-12-28-42)49-54(43-29-13-3-14-30-43,44-31-15-4-16-32-44)51-56(47-37-21-7-22-38-47,48-39-23-8-24-40-48)52-55(50-53,45-33-17-5-18-34-45)46-35-19-6-20-36-46/h1-40H. The molecule has 56 heavy (non-hydrogen) atoms. The minimum atomic E-state index is -3.13. The van der Waals surface area contributed by atoms with Crippen LogP contribution in [0.15, 0.2) is 261 Å². The van der Waals surface area contributed by atoms with Gasteiger partial charge in [-0.3, -0.25) is 0 Å². The van der Waals surface area contributed by atoms with Crippen molar-refractivity contribution in [1.29, 1.82) is 0 Å². The molecule has 0 saturated carbocycles. The monoisotopic (exact) mass is 796 g/mol. The van der Waals surface area contributed by atoms with Crippen LogP contribution in [0.1, 0.15) is 0 Å². The molecule has 4 nitrogen and oxygen atoms in total. The highest BCUT2D eigenvalue weighted by Gasteiger charge is 2.42. The topological polar surface area (TPSA) is 49.4 Å². The molecule has 0 unspecified atom stereocenters. The molecule has 0 atom stereocenters. The van der Waals surface area contributed by atoms with E-state index in [-0.39, 0.29) is 0 Å². The van der Waals surface area contributed by atoms with E-state index in [0.717, 1.165) is 42.4 Å². The summed E-state index contributed by atoms with van der Waals surface area (Å²) in [5.41, 5.74) is 0. The van der Waals surface area contributed by atoms with Gasteiger partial charge in [0.1, 0.15) is 28.8 Å². The first-order chi connectivity index (χ1) is 27.7. The largest absolute Gasteiger partial charge is 0.223 e. The summed E-state index contributed by atoms with van der Waals surface area (Å²) in [6.07, 6.45) is 0. The van der Waals surface area contributed by atoms with E-state index < -0.39 is 28.8 Å². The quantitative estimate of drug-likeness (QED) is 0.138. The summed E-state index contributed by atoms with van der Waals surface area (Å²) in [7, 11) is -12.5. The van der Waals surface area contributed by atoms with Crippen LogP contribution < -0.4 is 42.4 Å². The van der Waals surface area contributed by atoms with Gasteiger partial charge in [0.05, 0.1) is 0 Å². The minimum absolute atomic E-state index is 1.08. The second-order valence-electron chi connectivity index (χ2n) is 13.4. The van der Waals surface area contributed by atoms with Crippen LogP contribution >= 0.6 is 28.8 Å². The van der Waals surface area contributed by atoms with Gasteiger partial charge >= 0.3 is 0 Å². The lowest BCUT2D eigenvalue weighted by Gasteiger charge is -2.38. The van der Waals surface area contributed by atoms with Crippen LogP contribution in [0.4, 0.5) is 0 Å². The Morgan fingerprint density at radius 1 is 0.161 bits per heavy atom. The zero-order chi connectivity index (χ0) is 37.7. The maximum Gasteiger partial charge on any atom is 0.138 e. The average molecular weight is 797 g/mol. The van der Waals surface area contributed by atoms with Crippen molar-refractivity contribution in [2.75, 3.05) is 0 Å². The second kappa shape index (κ2) is 15.7. The zero-order valence-corrected chi connectivity index (χ0v) is 34.2. The molecule has 272 valence electrons. The molecular formula is C48H40N4P4. The predicted octanol–water partition coefficient (Wildman–Crippen LogP) is 11.1. The average Bonchev–Trinajstić information content (AvgIpc) is 3.29. The smallest absolute Gasteiger partial charge is 0.138 e. The Labute approximate surface area is 330 Å². The molecular weight excluding hydrogens is 756 g/mol. The molecule has 0 fully saturated rings. The van der Waals surface area contributed by atoms with Crippen molar-refractivity contribution in [3.63, 3.8) is 0 Å². The molecule has 0 radical (unpaired) electrons. The van der Waals surface area contributed by atoms with Crippen LogP contribution in [0.5, 0.6) is 0 Å². The minimum Gasteiger partial charge on any atom is -0.223 e. The van der Waals surface area contributed by atoms with Crippen LogP contribution in [0.25, 0.3) is 0 Å². The highest BCUT2D eigenvalue weighted by molar-refractivity contribution is 8.00. The molecule has 0 aliphatic carbocycles. The Morgan fingerprint density at radius 2 is 0.268 bits per heavy atom. The summed E-state index contributed by atoms with van der Waals surface area (Å²) in [6, 6.07) is 86.2. The summed E-state index contributed by atoms with van der Waals surface area (Å²) in [5, 5.41) is 8.62. The van der Waals surface area contributed by atoms with E-state index in [1.165, 1.54) is 0 Å². The maximum atomic E-state index is 6.56. The van der Waals surface area contributed by atoms with Crippen molar-refractivity contribution >= 4 is 71.3 Å². The van der Waals surface area contributed by atoms with Crippen molar-refractivity contribution < 1.29 is 0 Å². The molecule has 0 N–H and O–H groups in total. The van der Waals surface area contributed by atoms with E-state index in [1.54, 1.807) is 0 Å². The van der Waals surface area contributed by atoms with Gasteiger partial charge in [-0.05, 0) is 0 Å². The summed E-state index contributed by atoms with van der Waals surface area (Å²) < 4.78 is 26.2. The van der Waals surface area contributed by atoms with Crippen molar-refractivity contribution in [3.8, 4) is 0 Å². The fraction of sp³-hybridized carbons (Fsp3) is 0. The first kappa shape index (κ1) is 36.3. The van der Waals surface area contributed by atoms with Crippen LogP contribution in [0, 0.1) is 0 Å². The van der Waals surface area contributed by atoms with Gasteiger partial charge in [0.2, 0.25) is 0 Å². The molecule has 8 aromatic carbocycles. The molecule has 0 amide bonds. The fourth-order valence-electron chi connectivity index (χ4n) is 7.33. The molecule has 1 heterocycles. The summed E-state index contributed by atoms with van der Waals surface area (Å²) in [5.74, 6) is 0. The molecule has 9 rings (SSSR count). The van der Waals surface area contributed by atoms with Crippen molar-refractivity contribution in [2.45, 2.75) is 0 Å². The number of benzene rings is 8. The van der Waals surface area contributed by atoms with Crippen LogP contribution in [0.2, 0.25) is 0 Å². The molecule has 1 aliphatic heterocycles. The van der Waals surface area contributed by atoms with Gasteiger partial charge in [0.25, 0.3) is 0 Å². The molecule has 0 spiro atoms. The van der Waals surface area contributed by atoms with Crippen LogP contribution in [0.3, 0.4) is 0 Å². The third-order valence-electron chi connectivity index (χ3n) is 9.97. The summed E-state index contributed by atoms with van der Waals surface area (Å²) in [6.45, 7) is 0. The van der Waals surface area contributed by atoms with Crippen molar-refractivity contribution in [1.82, 2.24) is 0 Å². The van der Waals surface area contributed by atoms with Crippen molar-refractivity contribution in [3.05, 3.63) is 243 Å². The summed E-state index contributed by atoms with van der Waals surface area (Å²) in [4.78, 5) is 0. The van der Waals surface area contributed by atoms with Crippen LogP contribution in [-0.2, 0) is 0 Å². The SMILES string of the molecule is c1ccc(P2(c3ccccc3)=NP(c3ccccc3)(c3ccccc3)=NP(c3ccccc3)(c3ccccc3)=NP(c3ccccc3)(c3ccccc3)=N2)cc1. The Bertz CT molecular complexity index is 2210. The Morgan fingerprint density at radius 3 is 0.375 bits per heavy atom. The Hall–Kier alpha value is -5.32. The number of nitrogens with zero attached hydrogens (tertiary/aromatic N) is 4. The highest BCUT2D eigenvalue weighted by Crippen LogP contribution is 2.76.